The van der Waals surface area contributed by atoms with Gasteiger partial charge in [0, 0.05) is 33.6 Å². The number of carbonyl (C=O) groups excluding carboxylic acids is 1. The van der Waals surface area contributed by atoms with Crippen LogP contribution in [0.5, 0.6) is 0 Å². The first-order valence-electron chi connectivity index (χ1n) is 8.61. The average Bonchev–Trinajstić information content (AvgIpc) is 2.59. The zero-order valence-electron chi connectivity index (χ0n) is 15.5. The summed E-state index contributed by atoms with van der Waals surface area (Å²) in [6.45, 7) is 3.82. The Morgan fingerprint density at radius 2 is 1.83 bits per heavy atom. The Balaban J connectivity index is 2.22. The van der Waals surface area contributed by atoms with E-state index >= 15 is 0 Å². The molecule has 0 aliphatic heterocycles. The van der Waals surface area contributed by atoms with Gasteiger partial charge in [-0.05, 0) is 25.3 Å². The molecule has 0 fully saturated rings. The first kappa shape index (κ1) is 20.0. The largest absolute Gasteiger partial charge is 0.469 e. The van der Waals surface area contributed by atoms with E-state index in [0.717, 1.165) is 44.7 Å². The van der Waals surface area contributed by atoms with Gasteiger partial charge in [0.1, 0.15) is 0 Å². The molecule has 0 saturated heterocycles. The number of aliphatic imine (C=N–C) groups is 1. The van der Waals surface area contributed by atoms with Crippen molar-refractivity contribution in [1.82, 2.24) is 10.2 Å². The van der Waals surface area contributed by atoms with E-state index in [1.54, 1.807) is 0 Å². The van der Waals surface area contributed by atoms with E-state index in [-0.39, 0.29) is 5.97 Å². The maximum Gasteiger partial charge on any atom is 0.305 e. The summed E-state index contributed by atoms with van der Waals surface area (Å²) in [5.74, 6) is 0.788. The quantitative estimate of drug-likeness (QED) is 0.326. The molecule has 5 heteroatoms. The van der Waals surface area contributed by atoms with Crippen LogP contribution < -0.4 is 5.32 Å². The van der Waals surface area contributed by atoms with E-state index in [2.05, 4.69) is 51.1 Å². The predicted molar refractivity (Wildman–Crippen MR) is 99.1 cm³/mol. The minimum atomic E-state index is -0.119. The second kappa shape index (κ2) is 11.5. The number of unbranched alkanes of at least 4 members (excludes halogenated alkanes) is 3. The number of guanidine groups is 1. The van der Waals surface area contributed by atoms with Crippen molar-refractivity contribution >= 4 is 11.9 Å². The van der Waals surface area contributed by atoms with Crippen LogP contribution in [-0.4, -0.2) is 44.6 Å². The first-order chi connectivity index (χ1) is 11.6. The van der Waals surface area contributed by atoms with Gasteiger partial charge in [0.25, 0.3) is 0 Å². The Morgan fingerprint density at radius 1 is 1.17 bits per heavy atom. The van der Waals surface area contributed by atoms with E-state index in [1.165, 1.54) is 18.2 Å². The monoisotopic (exact) mass is 333 g/mol. The lowest BCUT2D eigenvalue weighted by Gasteiger charge is -2.22. The summed E-state index contributed by atoms with van der Waals surface area (Å²) in [4.78, 5) is 17.5. The van der Waals surface area contributed by atoms with Crippen LogP contribution in [0.3, 0.4) is 0 Å². The molecule has 0 bridgehead atoms. The molecule has 134 valence electrons. The number of carbonyl (C=O) groups is 1. The molecule has 0 amide bonds. The third-order valence-electron chi connectivity index (χ3n) is 3.93. The first-order valence-corrected chi connectivity index (χ1v) is 8.61. The van der Waals surface area contributed by atoms with Gasteiger partial charge in [-0.15, -0.1) is 0 Å². The summed E-state index contributed by atoms with van der Waals surface area (Å²) < 4.78 is 4.63. The van der Waals surface area contributed by atoms with Crippen molar-refractivity contribution in [2.24, 2.45) is 4.99 Å². The molecule has 0 spiro atoms. The molecule has 0 atom stereocenters. The number of nitrogens with one attached hydrogen (secondary N) is 1. The highest BCUT2D eigenvalue weighted by atomic mass is 16.5. The van der Waals surface area contributed by atoms with Gasteiger partial charge in [-0.1, -0.05) is 42.7 Å². The predicted octanol–water partition coefficient (Wildman–Crippen LogP) is 3.13. The van der Waals surface area contributed by atoms with Gasteiger partial charge < -0.3 is 15.0 Å². The number of benzene rings is 1. The summed E-state index contributed by atoms with van der Waals surface area (Å²) in [5, 5.41) is 3.40. The molecule has 1 aromatic carbocycles. The van der Waals surface area contributed by atoms with Crippen molar-refractivity contribution in [3.63, 3.8) is 0 Å². The summed E-state index contributed by atoms with van der Waals surface area (Å²) in [7, 11) is 5.29. The molecule has 0 saturated carbocycles. The van der Waals surface area contributed by atoms with Crippen LogP contribution in [0.1, 0.15) is 43.2 Å². The van der Waals surface area contributed by atoms with Gasteiger partial charge in [-0.25, -0.2) is 0 Å². The minimum Gasteiger partial charge on any atom is -0.469 e. The summed E-state index contributed by atoms with van der Waals surface area (Å²) in [6, 6.07) is 8.57. The lowest BCUT2D eigenvalue weighted by Crippen LogP contribution is -2.38. The molecule has 0 heterocycles. The van der Waals surface area contributed by atoms with E-state index in [0.29, 0.717) is 6.42 Å². The van der Waals surface area contributed by atoms with Crippen molar-refractivity contribution < 1.29 is 9.53 Å². The molecular formula is C19H31N3O2. The van der Waals surface area contributed by atoms with Crippen LogP contribution in [0.15, 0.2) is 29.3 Å². The number of esters is 1. The Hall–Kier alpha value is -2.04. The standard InChI is InChI=1S/C19H31N3O2/c1-16-10-12-17(13-11-16)15-22(3)19(20-2)21-14-8-6-5-7-9-18(23)24-4/h10-13H,5-9,14-15H2,1-4H3,(H,20,21). The van der Waals surface area contributed by atoms with Crippen LogP contribution in [0.25, 0.3) is 0 Å². The Morgan fingerprint density at radius 3 is 2.46 bits per heavy atom. The van der Waals surface area contributed by atoms with Gasteiger partial charge in [0.15, 0.2) is 5.96 Å². The normalized spacial score (nSPS) is 11.2. The third-order valence-corrected chi connectivity index (χ3v) is 3.93. The molecule has 5 nitrogen and oxygen atoms in total. The van der Waals surface area contributed by atoms with Crippen LogP contribution in [0, 0.1) is 6.92 Å². The zero-order chi connectivity index (χ0) is 17.8. The van der Waals surface area contributed by atoms with Crippen LogP contribution in [0.2, 0.25) is 0 Å². The summed E-state index contributed by atoms with van der Waals surface area (Å²) >= 11 is 0. The topological polar surface area (TPSA) is 53.9 Å². The number of hydrogen-bond donors (Lipinski definition) is 1. The number of ether oxygens (including phenoxy) is 1. The smallest absolute Gasteiger partial charge is 0.305 e. The fourth-order valence-electron chi connectivity index (χ4n) is 2.48. The second-order valence-electron chi connectivity index (χ2n) is 6.06. The average molecular weight is 333 g/mol. The van der Waals surface area contributed by atoms with E-state index in [4.69, 9.17) is 0 Å². The van der Waals surface area contributed by atoms with Crippen molar-refractivity contribution in [3.8, 4) is 0 Å². The highest BCUT2D eigenvalue weighted by molar-refractivity contribution is 5.79. The lowest BCUT2D eigenvalue weighted by molar-refractivity contribution is -0.140. The zero-order valence-corrected chi connectivity index (χ0v) is 15.5. The molecule has 0 radical (unpaired) electrons. The van der Waals surface area contributed by atoms with E-state index in [1.807, 2.05) is 14.1 Å². The van der Waals surface area contributed by atoms with Crippen LogP contribution in [-0.2, 0) is 16.1 Å². The highest BCUT2D eigenvalue weighted by Crippen LogP contribution is 2.06. The summed E-state index contributed by atoms with van der Waals surface area (Å²) in [6.07, 6.45) is 4.63. The van der Waals surface area contributed by atoms with E-state index < -0.39 is 0 Å². The van der Waals surface area contributed by atoms with Crippen molar-refractivity contribution in [2.45, 2.75) is 45.6 Å². The van der Waals surface area contributed by atoms with Crippen LogP contribution in [0.4, 0.5) is 0 Å². The van der Waals surface area contributed by atoms with Gasteiger partial charge in [0.2, 0.25) is 0 Å². The van der Waals surface area contributed by atoms with Gasteiger partial charge in [0.05, 0.1) is 7.11 Å². The SMILES string of the molecule is CN=C(NCCCCCCC(=O)OC)N(C)Cc1ccc(C)cc1. The van der Waals surface area contributed by atoms with Gasteiger partial charge in [-0.2, -0.15) is 0 Å². The molecule has 0 unspecified atom stereocenters. The van der Waals surface area contributed by atoms with Crippen molar-refractivity contribution in [3.05, 3.63) is 35.4 Å². The highest BCUT2D eigenvalue weighted by Gasteiger charge is 2.06. The molecule has 1 rings (SSSR count). The number of methoxy groups -OCH3 is 1. The van der Waals surface area contributed by atoms with Gasteiger partial charge >= 0.3 is 5.97 Å². The fraction of sp³-hybridized carbons (Fsp3) is 0.579. The Bertz CT molecular complexity index is 512. The molecule has 24 heavy (non-hydrogen) atoms. The number of rotatable bonds is 9. The van der Waals surface area contributed by atoms with Crippen LogP contribution >= 0.6 is 0 Å². The maximum atomic E-state index is 11.0. The van der Waals surface area contributed by atoms with Crippen molar-refractivity contribution in [2.75, 3.05) is 27.7 Å². The number of hydrogen-bond acceptors (Lipinski definition) is 3. The fourth-order valence-corrected chi connectivity index (χ4v) is 2.48. The van der Waals surface area contributed by atoms with Crippen molar-refractivity contribution in [1.29, 1.82) is 0 Å². The molecule has 0 aliphatic rings. The third kappa shape index (κ3) is 7.99. The van der Waals surface area contributed by atoms with Gasteiger partial charge in [-0.3, -0.25) is 9.79 Å². The number of aryl methyl sites for hydroxylation is 1. The Labute approximate surface area is 146 Å². The molecule has 1 N–H and O–H groups in total. The molecule has 0 aromatic heterocycles. The number of nitrogens with zero attached hydrogens (tertiary/aromatic N) is 2. The molecular weight excluding hydrogens is 302 g/mol. The minimum absolute atomic E-state index is 0.119. The van der Waals surface area contributed by atoms with E-state index in [9.17, 15) is 4.79 Å². The summed E-state index contributed by atoms with van der Waals surface area (Å²) in [5.41, 5.74) is 2.55. The maximum absolute atomic E-state index is 11.0. The second-order valence-corrected chi connectivity index (χ2v) is 6.06. The Kier molecular flexibility index (Phi) is 9.58. The molecule has 0 aliphatic carbocycles. The molecule has 1 aromatic rings. The lowest BCUT2D eigenvalue weighted by atomic mass is 10.1.